The molecule has 12 heteroatoms. The summed E-state index contributed by atoms with van der Waals surface area (Å²) >= 11 is 0. The summed E-state index contributed by atoms with van der Waals surface area (Å²) in [6.07, 6.45) is -3.97. The van der Waals surface area contributed by atoms with Crippen LogP contribution in [0.2, 0.25) is 0 Å². The largest absolute Gasteiger partial charge is 0.419 e. The fourth-order valence-electron chi connectivity index (χ4n) is 4.08. The molecule has 0 radical (unpaired) electrons. The Kier molecular flexibility index (Phi) is 7.87. The zero-order valence-electron chi connectivity index (χ0n) is 20.2. The first-order chi connectivity index (χ1) is 16.9. The van der Waals surface area contributed by atoms with Gasteiger partial charge >= 0.3 is 6.18 Å². The van der Waals surface area contributed by atoms with Crippen molar-refractivity contribution in [3.8, 4) is 0 Å². The first-order valence-electron chi connectivity index (χ1n) is 11.3. The van der Waals surface area contributed by atoms with E-state index in [-0.39, 0.29) is 34.8 Å². The van der Waals surface area contributed by atoms with Crippen molar-refractivity contribution < 1.29 is 31.9 Å². The quantitative estimate of drug-likeness (QED) is 0.319. The van der Waals surface area contributed by atoms with Gasteiger partial charge in [0.05, 0.1) is 33.8 Å². The Morgan fingerprint density at radius 2 is 1.83 bits per heavy atom. The summed E-state index contributed by atoms with van der Waals surface area (Å²) in [5, 5.41) is 7.26. The summed E-state index contributed by atoms with van der Waals surface area (Å²) in [7, 11) is 0. The lowest BCUT2D eigenvalue weighted by atomic mass is 10.0. The predicted octanol–water partition coefficient (Wildman–Crippen LogP) is 4.00. The van der Waals surface area contributed by atoms with E-state index in [4.69, 9.17) is 0 Å². The van der Waals surface area contributed by atoms with Crippen LogP contribution in [0.15, 0.2) is 12.1 Å². The molecule has 2 aromatic rings. The first-order valence-corrected chi connectivity index (χ1v) is 11.3. The normalized spacial score (nSPS) is 14.2. The predicted molar refractivity (Wildman–Crippen MR) is 128 cm³/mol. The SMILES string of the molecule is CCN(CC)CCNC(=O)c1c(C)[nH]c(/C=C2\C(=O)Nc3cc(NC(C)=O)c(F)cc32)c1C(F)(F)F. The number of anilines is 2. The average molecular weight is 510 g/mol. The molecule has 3 amide bonds. The molecule has 1 aromatic heterocycles. The molecule has 0 atom stereocenters. The van der Waals surface area contributed by atoms with Gasteiger partial charge in [0.25, 0.3) is 11.8 Å². The number of fused-ring (bicyclic) bond motifs is 1. The van der Waals surface area contributed by atoms with Crippen LogP contribution >= 0.6 is 0 Å². The number of carbonyl (C=O) groups is 3. The van der Waals surface area contributed by atoms with Crippen molar-refractivity contribution in [3.63, 3.8) is 0 Å². The third-order valence-corrected chi connectivity index (χ3v) is 5.82. The van der Waals surface area contributed by atoms with Gasteiger partial charge in [0.2, 0.25) is 5.91 Å². The summed E-state index contributed by atoms with van der Waals surface area (Å²) in [5.74, 6) is -3.04. The van der Waals surface area contributed by atoms with Crippen LogP contribution in [0, 0.1) is 12.7 Å². The zero-order valence-corrected chi connectivity index (χ0v) is 20.2. The molecule has 0 fully saturated rings. The molecule has 1 aliphatic rings. The van der Waals surface area contributed by atoms with Crippen molar-refractivity contribution in [2.24, 2.45) is 0 Å². The van der Waals surface area contributed by atoms with E-state index < -0.39 is 46.5 Å². The van der Waals surface area contributed by atoms with E-state index in [9.17, 15) is 31.9 Å². The number of halogens is 4. The van der Waals surface area contributed by atoms with Crippen LogP contribution in [-0.4, -0.2) is 53.8 Å². The molecular formula is C24H27F4N5O3. The number of likely N-dealkylation sites (N-methyl/N-ethyl adjacent to an activating group) is 1. The number of hydrogen-bond donors (Lipinski definition) is 4. The highest BCUT2D eigenvalue weighted by atomic mass is 19.4. The molecule has 1 aromatic carbocycles. The maximum Gasteiger partial charge on any atom is 0.419 e. The van der Waals surface area contributed by atoms with Crippen LogP contribution in [0.5, 0.6) is 0 Å². The number of hydrogen-bond acceptors (Lipinski definition) is 4. The van der Waals surface area contributed by atoms with Crippen molar-refractivity contribution in [1.82, 2.24) is 15.2 Å². The second-order valence-electron chi connectivity index (χ2n) is 8.27. The van der Waals surface area contributed by atoms with Gasteiger partial charge in [0.15, 0.2) is 0 Å². The second kappa shape index (κ2) is 10.5. The topological polar surface area (TPSA) is 106 Å². The van der Waals surface area contributed by atoms with Gasteiger partial charge in [0, 0.05) is 31.3 Å². The smallest absolute Gasteiger partial charge is 0.358 e. The lowest BCUT2D eigenvalue weighted by molar-refractivity contribution is -0.138. The number of aryl methyl sites for hydroxylation is 1. The van der Waals surface area contributed by atoms with E-state index in [1.165, 1.54) is 19.9 Å². The van der Waals surface area contributed by atoms with Crippen LogP contribution in [0.3, 0.4) is 0 Å². The van der Waals surface area contributed by atoms with Gasteiger partial charge in [-0.15, -0.1) is 0 Å². The molecule has 36 heavy (non-hydrogen) atoms. The number of nitrogens with one attached hydrogen (secondary N) is 4. The van der Waals surface area contributed by atoms with E-state index in [0.29, 0.717) is 6.54 Å². The lowest BCUT2D eigenvalue weighted by Gasteiger charge is -2.18. The number of carbonyl (C=O) groups excluding carboxylic acids is 3. The van der Waals surface area contributed by atoms with Crippen molar-refractivity contribution in [2.45, 2.75) is 33.9 Å². The number of aromatic amines is 1. The monoisotopic (exact) mass is 509 g/mol. The minimum Gasteiger partial charge on any atom is -0.358 e. The molecule has 194 valence electrons. The minimum absolute atomic E-state index is 0.0252. The van der Waals surface area contributed by atoms with Crippen molar-refractivity contribution in [1.29, 1.82) is 0 Å². The maximum absolute atomic E-state index is 14.5. The number of rotatable bonds is 8. The summed E-state index contributed by atoms with van der Waals surface area (Å²) in [6.45, 7) is 8.49. The van der Waals surface area contributed by atoms with E-state index >= 15 is 0 Å². The number of amides is 3. The third kappa shape index (κ3) is 5.59. The van der Waals surface area contributed by atoms with Gasteiger partial charge in [-0.25, -0.2) is 4.39 Å². The molecule has 8 nitrogen and oxygen atoms in total. The van der Waals surface area contributed by atoms with Crippen molar-refractivity contribution in [2.75, 3.05) is 36.8 Å². The maximum atomic E-state index is 14.5. The van der Waals surface area contributed by atoms with Crippen LogP contribution in [-0.2, 0) is 15.8 Å². The molecule has 0 bridgehead atoms. The molecule has 0 unspecified atom stereocenters. The molecule has 3 rings (SSSR count). The standard InChI is InChI=1S/C24H27F4N5O3/c1-5-33(6-2)8-7-29-23(36)20-12(3)30-19(21(20)24(26,27)28)10-15-14-9-16(25)18(31-13(4)34)11-17(14)32-22(15)35/h9-11,30H,5-8H2,1-4H3,(H,29,36)(H,31,34)(H,32,35)/b15-10-. The zero-order chi connectivity index (χ0) is 26.8. The molecule has 1 aliphatic heterocycles. The number of alkyl halides is 3. The van der Waals surface area contributed by atoms with Gasteiger partial charge in [-0.2, -0.15) is 13.2 Å². The van der Waals surface area contributed by atoms with E-state index in [1.807, 2.05) is 18.7 Å². The average Bonchev–Trinajstić information content (AvgIpc) is 3.27. The fourth-order valence-corrected chi connectivity index (χ4v) is 4.08. The summed E-state index contributed by atoms with van der Waals surface area (Å²) in [4.78, 5) is 41.1. The van der Waals surface area contributed by atoms with Crippen LogP contribution in [0.4, 0.5) is 28.9 Å². The first kappa shape index (κ1) is 26.9. The molecule has 0 spiro atoms. The highest BCUT2D eigenvalue weighted by Gasteiger charge is 2.41. The highest BCUT2D eigenvalue weighted by Crippen LogP contribution is 2.41. The van der Waals surface area contributed by atoms with Gasteiger partial charge < -0.3 is 25.8 Å². The van der Waals surface area contributed by atoms with E-state index in [0.717, 1.165) is 25.2 Å². The Hall–Kier alpha value is -3.67. The Balaban J connectivity index is 2.01. The van der Waals surface area contributed by atoms with E-state index in [2.05, 4.69) is 20.9 Å². The Labute approximate surface area is 205 Å². The second-order valence-corrected chi connectivity index (χ2v) is 8.27. The number of aromatic nitrogens is 1. The summed E-state index contributed by atoms with van der Waals surface area (Å²) in [5.41, 5.74) is -2.57. The summed E-state index contributed by atoms with van der Waals surface area (Å²) in [6, 6.07) is 2.14. The minimum atomic E-state index is -4.92. The molecule has 0 saturated carbocycles. The van der Waals surface area contributed by atoms with Gasteiger partial charge in [-0.05, 0) is 38.2 Å². The lowest BCUT2D eigenvalue weighted by Crippen LogP contribution is -2.35. The Morgan fingerprint density at radius 3 is 2.42 bits per heavy atom. The van der Waals surface area contributed by atoms with E-state index in [1.54, 1.807) is 0 Å². The van der Waals surface area contributed by atoms with Crippen LogP contribution in [0.25, 0.3) is 11.6 Å². The van der Waals surface area contributed by atoms with Crippen LogP contribution in [0.1, 0.15) is 53.6 Å². The Morgan fingerprint density at radius 1 is 1.17 bits per heavy atom. The molecular weight excluding hydrogens is 482 g/mol. The van der Waals surface area contributed by atoms with Crippen molar-refractivity contribution in [3.05, 3.63) is 46.0 Å². The number of benzene rings is 1. The molecule has 0 aliphatic carbocycles. The van der Waals surface area contributed by atoms with Gasteiger partial charge in [0.1, 0.15) is 5.82 Å². The van der Waals surface area contributed by atoms with Gasteiger partial charge in [-0.3, -0.25) is 14.4 Å². The summed E-state index contributed by atoms with van der Waals surface area (Å²) < 4.78 is 56.8. The number of nitrogens with zero attached hydrogens (tertiary/aromatic N) is 1. The van der Waals surface area contributed by atoms with Crippen molar-refractivity contribution >= 4 is 40.7 Å². The fraction of sp³-hybridized carbons (Fsp3) is 0.375. The third-order valence-electron chi connectivity index (χ3n) is 5.82. The van der Waals surface area contributed by atoms with Gasteiger partial charge in [-0.1, -0.05) is 13.8 Å². The highest BCUT2D eigenvalue weighted by molar-refractivity contribution is 6.35. The Bertz CT molecular complexity index is 1230. The molecule has 4 N–H and O–H groups in total. The van der Waals surface area contributed by atoms with Crippen LogP contribution < -0.4 is 16.0 Å². The molecule has 2 heterocycles. The molecule has 0 saturated heterocycles. The number of H-pyrrole nitrogens is 1.